The van der Waals surface area contributed by atoms with Crippen molar-refractivity contribution in [3.63, 3.8) is 0 Å². The van der Waals surface area contributed by atoms with Crippen LogP contribution in [0.5, 0.6) is 5.75 Å². The van der Waals surface area contributed by atoms with Crippen LogP contribution in [0.3, 0.4) is 0 Å². The number of ether oxygens (including phenoxy) is 1. The summed E-state index contributed by atoms with van der Waals surface area (Å²) in [6.07, 6.45) is 0. The van der Waals surface area contributed by atoms with Gasteiger partial charge in [0.25, 0.3) is 0 Å². The van der Waals surface area contributed by atoms with E-state index in [1.54, 1.807) is 12.1 Å². The molecule has 2 rings (SSSR count). The van der Waals surface area contributed by atoms with E-state index in [1.165, 1.54) is 5.56 Å². The van der Waals surface area contributed by atoms with Crippen molar-refractivity contribution in [2.45, 2.75) is 50.8 Å². The van der Waals surface area contributed by atoms with Crippen molar-refractivity contribution >= 4 is 10.0 Å². The Balaban J connectivity index is 1.91. The van der Waals surface area contributed by atoms with Crippen LogP contribution >= 0.6 is 0 Å². The zero-order valence-corrected chi connectivity index (χ0v) is 17.1. The van der Waals surface area contributed by atoms with E-state index in [1.807, 2.05) is 30.3 Å². The number of hydrogen-bond donors (Lipinski definition) is 1. The van der Waals surface area contributed by atoms with Crippen LogP contribution in [0.25, 0.3) is 0 Å². The van der Waals surface area contributed by atoms with Crippen molar-refractivity contribution in [2.75, 3.05) is 13.2 Å². The smallest absolute Gasteiger partial charge is 0.240 e. The normalized spacial score (nSPS) is 12.4. The first-order valence-corrected chi connectivity index (χ1v) is 10.4. The van der Waals surface area contributed by atoms with Crippen LogP contribution in [0.2, 0.25) is 0 Å². The van der Waals surface area contributed by atoms with E-state index in [0.717, 1.165) is 11.3 Å². The second-order valence-electron chi connectivity index (χ2n) is 7.75. The van der Waals surface area contributed by atoms with Crippen LogP contribution in [0, 0.1) is 0 Å². The third-order valence-electron chi connectivity index (χ3n) is 4.22. The number of nitrogens with one attached hydrogen (secondary N) is 1. The molecule has 0 atom stereocenters. The minimum absolute atomic E-state index is 0.00587. The maximum Gasteiger partial charge on any atom is 0.240 e. The summed E-state index contributed by atoms with van der Waals surface area (Å²) in [4.78, 5) is 0.271. The Morgan fingerprint density at radius 2 is 1.69 bits per heavy atom. The summed E-state index contributed by atoms with van der Waals surface area (Å²) in [6.45, 7) is 11.0. The van der Waals surface area contributed by atoms with Crippen LogP contribution in [-0.4, -0.2) is 21.6 Å². The van der Waals surface area contributed by atoms with E-state index < -0.39 is 10.0 Å². The van der Waals surface area contributed by atoms with Gasteiger partial charge in [0.2, 0.25) is 10.0 Å². The monoisotopic (exact) mass is 375 g/mol. The molecule has 0 bridgehead atoms. The summed E-state index contributed by atoms with van der Waals surface area (Å²) in [5.74, 6) is 1.18. The predicted molar refractivity (Wildman–Crippen MR) is 106 cm³/mol. The van der Waals surface area contributed by atoms with Crippen molar-refractivity contribution in [2.24, 2.45) is 0 Å². The average molecular weight is 376 g/mol. The lowest BCUT2D eigenvalue weighted by molar-refractivity contribution is 0.322. The van der Waals surface area contributed by atoms with Gasteiger partial charge in [-0.05, 0) is 46.7 Å². The molecule has 0 saturated heterocycles. The maximum atomic E-state index is 12.4. The standard InChI is InChI=1S/C21H29NO3S/c1-16(2)17-7-6-8-19(15-17)25-14-13-22-26(23,24)20-11-9-18(10-12-20)21(3,4)5/h6-12,15-16,22H,13-14H2,1-5H3. The summed E-state index contributed by atoms with van der Waals surface area (Å²) in [7, 11) is -3.53. The molecular formula is C21H29NO3S. The lowest BCUT2D eigenvalue weighted by Crippen LogP contribution is -2.28. The molecule has 0 heterocycles. The summed E-state index contributed by atoms with van der Waals surface area (Å²) < 4.78 is 33.0. The first-order chi connectivity index (χ1) is 12.1. The van der Waals surface area contributed by atoms with E-state index in [4.69, 9.17) is 4.74 Å². The summed E-state index contributed by atoms with van der Waals surface area (Å²) >= 11 is 0. The Bertz CT molecular complexity index is 819. The fourth-order valence-corrected chi connectivity index (χ4v) is 3.54. The van der Waals surface area contributed by atoms with Gasteiger partial charge >= 0.3 is 0 Å². The van der Waals surface area contributed by atoms with Gasteiger partial charge in [-0.25, -0.2) is 13.1 Å². The summed E-state index contributed by atoms with van der Waals surface area (Å²) in [6, 6.07) is 14.9. The van der Waals surface area contributed by atoms with Gasteiger partial charge in [0, 0.05) is 6.54 Å². The topological polar surface area (TPSA) is 55.4 Å². The van der Waals surface area contributed by atoms with Gasteiger partial charge in [-0.1, -0.05) is 58.9 Å². The molecule has 2 aromatic carbocycles. The Labute approximate surface area is 157 Å². The quantitative estimate of drug-likeness (QED) is 0.727. The molecule has 0 aliphatic carbocycles. The van der Waals surface area contributed by atoms with Crippen LogP contribution in [0.1, 0.15) is 51.7 Å². The minimum atomic E-state index is -3.53. The molecule has 4 nitrogen and oxygen atoms in total. The number of benzene rings is 2. The van der Waals surface area contributed by atoms with Gasteiger partial charge in [-0.2, -0.15) is 0 Å². The maximum absolute atomic E-state index is 12.4. The molecule has 0 spiro atoms. The number of rotatable bonds is 7. The molecule has 0 aromatic heterocycles. The highest BCUT2D eigenvalue weighted by Crippen LogP contribution is 2.23. The third-order valence-corrected chi connectivity index (χ3v) is 5.70. The van der Waals surface area contributed by atoms with Crippen molar-refractivity contribution in [3.05, 3.63) is 59.7 Å². The SMILES string of the molecule is CC(C)c1cccc(OCCNS(=O)(=O)c2ccc(C(C)(C)C)cc2)c1. The Hall–Kier alpha value is -1.85. The van der Waals surface area contributed by atoms with Gasteiger partial charge in [0.15, 0.2) is 0 Å². The molecule has 5 heteroatoms. The van der Waals surface area contributed by atoms with Crippen molar-refractivity contribution in [3.8, 4) is 5.75 Å². The molecule has 2 aromatic rings. The molecule has 0 radical (unpaired) electrons. The van der Waals surface area contributed by atoms with E-state index >= 15 is 0 Å². The highest BCUT2D eigenvalue weighted by atomic mass is 32.2. The Morgan fingerprint density at radius 3 is 2.27 bits per heavy atom. The predicted octanol–water partition coefficient (Wildman–Crippen LogP) is 4.46. The molecule has 0 amide bonds. The fourth-order valence-electron chi connectivity index (χ4n) is 2.53. The van der Waals surface area contributed by atoms with Crippen molar-refractivity contribution in [1.82, 2.24) is 4.72 Å². The van der Waals surface area contributed by atoms with Crippen molar-refractivity contribution < 1.29 is 13.2 Å². The van der Waals surface area contributed by atoms with E-state index in [-0.39, 0.29) is 23.5 Å². The zero-order chi connectivity index (χ0) is 19.4. The molecule has 0 fully saturated rings. The van der Waals surface area contributed by atoms with Gasteiger partial charge < -0.3 is 4.74 Å². The molecule has 142 valence electrons. The zero-order valence-electron chi connectivity index (χ0n) is 16.2. The van der Waals surface area contributed by atoms with Gasteiger partial charge in [-0.15, -0.1) is 0 Å². The van der Waals surface area contributed by atoms with E-state index in [2.05, 4.69) is 45.4 Å². The van der Waals surface area contributed by atoms with Crippen LogP contribution < -0.4 is 9.46 Å². The lowest BCUT2D eigenvalue weighted by Gasteiger charge is -2.19. The Kier molecular flexibility index (Phi) is 6.48. The first kappa shape index (κ1) is 20.5. The number of sulfonamides is 1. The van der Waals surface area contributed by atoms with E-state index in [0.29, 0.717) is 5.92 Å². The average Bonchev–Trinajstić information content (AvgIpc) is 2.58. The summed E-state index contributed by atoms with van der Waals surface area (Å²) in [5, 5.41) is 0. The molecule has 0 saturated carbocycles. The number of hydrogen-bond acceptors (Lipinski definition) is 3. The van der Waals surface area contributed by atoms with Gasteiger partial charge in [0.1, 0.15) is 12.4 Å². The highest BCUT2D eigenvalue weighted by Gasteiger charge is 2.17. The summed E-state index contributed by atoms with van der Waals surface area (Å²) in [5.41, 5.74) is 2.29. The molecule has 26 heavy (non-hydrogen) atoms. The highest BCUT2D eigenvalue weighted by molar-refractivity contribution is 7.89. The van der Waals surface area contributed by atoms with Crippen LogP contribution in [0.15, 0.2) is 53.4 Å². The van der Waals surface area contributed by atoms with E-state index in [9.17, 15) is 8.42 Å². The fraction of sp³-hybridized carbons (Fsp3) is 0.429. The molecule has 0 aliphatic rings. The minimum Gasteiger partial charge on any atom is -0.492 e. The van der Waals surface area contributed by atoms with Gasteiger partial charge in [-0.3, -0.25) is 0 Å². The third kappa shape index (κ3) is 5.58. The van der Waals surface area contributed by atoms with Crippen LogP contribution in [-0.2, 0) is 15.4 Å². The molecule has 0 unspecified atom stereocenters. The van der Waals surface area contributed by atoms with Crippen molar-refractivity contribution in [1.29, 1.82) is 0 Å². The molecule has 1 N–H and O–H groups in total. The molecule has 0 aliphatic heterocycles. The second-order valence-corrected chi connectivity index (χ2v) is 9.51. The van der Waals surface area contributed by atoms with Gasteiger partial charge in [0.05, 0.1) is 4.90 Å². The lowest BCUT2D eigenvalue weighted by atomic mass is 9.87. The Morgan fingerprint density at radius 1 is 1.04 bits per heavy atom. The second kappa shape index (κ2) is 8.23. The largest absolute Gasteiger partial charge is 0.492 e. The first-order valence-electron chi connectivity index (χ1n) is 8.92. The van der Waals surface area contributed by atoms with Crippen LogP contribution in [0.4, 0.5) is 0 Å². The molecular weight excluding hydrogens is 346 g/mol.